The molecule has 18 heavy (non-hydrogen) atoms. The Labute approximate surface area is 108 Å². The zero-order valence-electron chi connectivity index (χ0n) is 9.82. The van der Waals surface area contributed by atoms with E-state index in [1.807, 2.05) is 6.07 Å². The lowest BCUT2D eigenvalue weighted by Gasteiger charge is -2.05. The van der Waals surface area contributed by atoms with E-state index < -0.39 is 0 Å². The molecule has 94 valence electrons. The molecule has 2 aromatic rings. The molecule has 0 spiro atoms. The number of rotatable bonds is 4. The predicted molar refractivity (Wildman–Crippen MR) is 65.2 cm³/mol. The molecule has 0 saturated heterocycles. The second-order valence-corrected chi connectivity index (χ2v) is 4.17. The Morgan fingerprint density at radius 3 is 2.17 bits per heavy atom. The number of nitrogens with zero attached hydrogens (tertiary/aromatic N) is 3. The summed E-state index contributed by atoms with van der Waals surface area (Å²) in [5.41, 5.74) is 0. The van der Waals surface area contributed by atoms with Crippen molar-refractivity contribution < 1.29 is 14.6 Å². The number of methoxy groups -OCH3 is 2. The minimum atomic E-state index is 0.166. The van der Waals surface area contributed by atoms with Crippen molar-refractivity contribution in [1.29, 1.82) is 0 Å². The molecule has 0 aliphatic heterocycles. The highest BCUT2D eigenvalue weighted by molar-refractivity contribution is 7.99. The van der Waals surface area contributed by atoms with E-state index in [0.29, 0.717) is 10.1 Å². The number of phenols is 1. The SMILES string of the molecule is COc1nc(OC)nc(Sc2ccccc2O)n1. The van der Waals surface area contributed by atoms with Crippen molar-refractivity contribution in [1.82, 2.24) is 15.0 Å². The lowest BCUT2D eigenvalue weighted by molar-refractivity contribution is 0.332. The average Bonchev–Trinajstić information content (AvgIpc) is 2.41. The first-order valence-electron chi connectivity index (χ1n) is 5.03. The smallest absolute Gasteiger partial charge is 0.323 e. The Bertz CT molecular complexity index is 529. The molecule has 2 rings (SSSR count). The summed E-state index contributed by atoms with van der Waals surface area (Å²) >= 11 is 1.20. The third-order valence-electron chi connectivity index (χ3n) is 2.01. The van der Waals surface area contributed by atoms with E-state index in [4.69, 9.17) is 9.47 Å². The molecular formula is C11H11N3O3S. The van der Waals surface area contributed by atoms with Crippen LogP contribution in [0.15, 0.2) is 34.3 Å². The summed E-state index contributed by atoms with van der Waals surface area (Å²) in [5.74, 6) is 0.167. The fourth-order valence-electron chi connectivity index (χ4n) is 1.19. The van der Waals surface area contributed by atoms with Gasteiger partial charge in [-0.05, 0) is 23.9 Å². The maximum Gasteiger partial charge on any atom is 0.323 e. The maximum absolute atomic E-state index is 9.67. The quantitative estimate of drug-likeness (QED) is 0.902. The van der Waals surface area contributed by atoms with Gasteiger partial charge in [0, 0.05) is 0 Å². The Hall–Kier alpha value is -2.02. The fraction of sp³-hybridized carbons (Fsp3) is 0.182. The van der Waals surface area contributed by atoms with Crippen LogP contribution >= 0.6 is 11.8 Å². The van der Waals surface area contributed by atoms with E-state index in [2.05, 4.69) is 15.0 Å². The van der Waals surface area contributed by atoms with Crippen LogP contribution in [0.2, 0.25) is 0 Å². The van der Waals surface area contributed by atoms with Gasteiger partial charge in [-0.2, -0.15) is 9.97 Å². The normalized spacial score (nSPS) is 10.1. The number of benzene rings is 1. The van der Waals surface area contributed by atoms with Crippen molar-refractivity contribution in [2.45, 2.75) is 10.1 Å². The van der Waals surface area contributed by atoms with Crippen LogP contribution in [0.3, 0.4) is 0 Å². The lowest BCUT2D eigenvalue weighted by Crippen LogP contribution is -2.00. The minimum Gasteiger partial charge on any atom is -0.507 e. The van der Waals surface area contributed by atoms with E-state index in [-0.39, 0.29) is 17.8 Å². The van der Waals surface area contributed by atoms with Gasteiger partial charge in [0.15, 0.2) is 0 Å². The molecule has 0 saturated carbocycles. The van der Waals surface area contributed by atoms with Crippen LogP contribution in [0.4, 0.5) is 0 Å². The Morgan fingerprint density at radius 1 is 1.00 bits per heavy atom. The van der Waals surface area contributed by atoms with Gasteiger partial charge in [-0.25, -0.2) is 0 Å². The highest BCUT2D eigenvalue weighted by Gasteiger charge is 2.10. The van der Waals surface area contributed by atoms with Crippen molar-refractivity contribution in [2.75, 3.05) is 14.2 Å². The van der Waals surface area contributed by atoms with E-state index in [0.717, 1.165) is 0 Å². The molecule has 1 N–H and O–H groups in total. The van der Waals surface area contributed by atoms with Gasteiger partial charge in [-0.15, -0.1) is 4.98 Å². The summed E-state index contributed by atoms with van der Waals surface area (Å²) < 4.78 is 9.89. The van der Waals surface area contributed by atoms with Gasteiger partial charge in [0.1, 0.15) is 5.75 Å². The number of aromatic nitrogens is 3. The van der Waals surface area contributed by atoms with E-state index in [1.54, 1.807) is 18.2 Å². The van der Waals surface area contributed by atoms with Crippen LogP contribution in [0.25, 0.3) is 0 Å². The number of phenolic OH excluding ortho intramolecular Hbond substituents is 1. The van der Waals surface area contributed by atoms with Gasteiger partial charge in [-0.3, -0.25) is 0 Å². The second-order valence-electron chi connectivity index (χ2n) is 3.16. The molecule has 0 radical (unpaired) electrons. The zero-order valence-corrected chi connectivity index (χ0v) is 10.6. The van der Waals surface area contributed by atoms with Crippen molar-refractivity contribution in [3.63, 3.8) is 0 Å². The molecule has 1 aromatic heterocycles. The number of hydrogen-bond acceptors (Lipinski definition) is 7. The number of hydrogen-bond donors (Lipinski definition) is 1. The molecular weight excluding hydrogens is 254 g/mol. The number of para-hydroxylation sites is 1. The monoisotopic (exact) mass is 265 g/mol. The van der Waals surface area contributed by atoms with Gasteiger partial charge < -0.3 is 14.6 Å². The summed E-state index contributed by atoms with van der Waals surface area (Å²) in [6, 6.07) is 7.26. The maximum atomic E-state index is 9.67. The minimum absolute atomic E-state index is 0.166. The average molecular weight is 265 g/mol. The van der Waals surface area contributed by atoms with E-state index in [9.17, 15) is 5.11 Å². The Morgan fingerprint density at radius 2 is 1.61 bits per heavy atom. The first-order chi connectivity index (χ1) is 8.72. The number of ether oxygens (including phenoxy) is 2. The molecule has 0 atom stereocenters. The molecule has 0 aliphatic carbocycles. The highest BCUT2D eigenvalue weighted by atomic mass is 32.2. The predicted octanol–water partition coefficient (Wildman–Crippen LogP) is 1.75. The molecule has 7 heteroatoms. The molecule has 0 aliphatic rings. The molecule has 0 unspecified atom stereocenters. The summed E-state index contributed by atoms with van der Waals surface area (Å²) in [4.78, 5) is 12.7. The topological polar surface area (TPSA) is 77.4 Å². The van der Waals surface area contributed by atoms with Crippen molar-refractivity contribution in [2.24, 2.45) is 0 Å². The Balaban J connectivity index is 2.31. The lowest BCUT2D eigenvalue weighted by atomic mass is 10.3. The third-order valence-corrected chi connectivity index (χ3v) is 2.94. The second kappa shape index (κ2) is 5.54. The summed E-state index contributed by atoms with van der Waals surface area (Å²) in [7, 11) is 2.92. The van der Waals surface area contributed by atoms with Crippen LogP contribution in [0.1, 0.15) is 0 Å². The first-order valence-corrected chi connectivity index (χ1v) is 5.84. The van der Waals surface area contributed by atoms with Crippen LogP contribution in [0, 0.1) is 0 Å². The highest BCUT2D eigenvalue weighted by Crippen LogP contribution is 2.32. The summed E-state index contributed by atoms with van der Waals surface area (Å²) in [6.07, 6.45) is 0. The van der Waals surface area contributed by atoms with Crippen LogP contribution in [0.5, 0.6) is 17.8 Å². The molecule has 0 fully saturated rings. The van der Waals surface area contributed by atoms with Gasteiger partial charge in [0.05, 0.1) is 19.1 Å². The standard InChI is InChI=1S/C11H11N3O3S/c1-16-9-12-10(17-2)14-11(13-9)18-8-6-4-3-5-7(8)15/h3-6,15H,1-2H3. The first kappa shape index (κ1) is 12.4. The molecule has 0 amide bonds. The van der Waals surface area contributed by atoms with Gasteiger partial charge >= 0.3 is 12.0 Å². The molecule has 6 nitrogen and oxygen atoms in total. The van der Waals surface area contributed by atoms with Crippen molar-refractivity contribution >= 4 is 11.8 Å². The van der Waals surface area contributed by atoms with Crippen LogP contribution < -0.4 is 9.47 Å². The van der Waals surface area contributed by atoms with E-state index >= 15 is 0 Å². The molecule has 0 bridgehead atoms. The summed E-state index contributed by atoms with van der Waals surface area (Å²) in [6.45, 7) is 0. The van der Waals surface area contributed by atoms with Crippen LogP contribution in [-0.4, -0.2) is 34.3 Å². The fourth-order valence-corrected chi connectivity index (χ4v) is 1.95. The largest absolute Gasteiger partial charge is 0.507 e. The third kappa shape index (κ3) is 2.80. The van der Waals surface area contributed by atoms with E-state index in [1.165, 1.54) is 26.0 Å². The molecule has 1 aromatic carbocycles. The number of aromatic hydroxyl groups is 1. The van der Waals surface area contributed by atoms with Crippen molar-refractivity contribution in [3.8, 4) is 17.8 Å². The van der Waals surface area contributed by atoms with Gasteiger partial charge in [0.25, 0.3) is 0 Å². The summed E-state index contributed by atoms with van der Waals surface area (Å²) in [5, 5.41) is 10.1. The van der Waals surface area contributed by atoms with Crippen LogP contribution in [-0.2, 0) is 0 Å². The van der Waals surface area contributed by atoms with Crippen molar-refractivity contribution in [3.05, 3.63) is 24.3 Å². The van der Waals surface area contributed by atoms with Gasteiger partial charge in [-0.1, -0.05) is 12.1 Å². The van der Waals surface area contributed by atoms with Gasteiger partial charge in [0.2, 0.25) is 5.16 Å². The Kier molecular flexibility index (Phi) is 3.83. The zero-order chi connectivity index (χ0) is 13.0. The molecule has 1 heterocycles.